The quantitative estimate of drug-likeness (QED) is 0.507. The molecule has 0 aromatic heterocycles. The van der Waals surface area contributed by atoms with Crippen LogP contribution >= 0.6 is 0 Å². The summed E-state index contributed by atoms with van der Waals surface area (Å²) in [7, 11) is 1.73. The second-order valence-corrected chi connectivity index (χ2v) is 9.52. The molecule has 7 heteroatoms. The highest BCUT2D eigenvalue weighted by molar-refractivity contribution is 5.91. The van der Waals surface area contributed by atoms with Crippen LogP contribution in [-0.4, -0.2) is 43.1 Å². The first-order valence-electron chi connectivity index (χ1n) is 12.4. The lowest BCUT2D eigenvalue weighted by Crippen LogP contribution is -2.46. The van der Waals surface area contributed by atoms with Crippen molar-refractivity contribution >= 4 is 12.0 Å². The smallest absolute Gasteiger partial charge is 0.416 e. The fourth-order valence-electron chi connectivity index (χ4n) is 5.40. The molecule has 4 nitrogen and oxygen atoms in total. The van der Waals surface area contributed by atoms with Gasteiger partial charge in [-0.2, -0.15) is 13.2 Å². The number of nitrogens with one attached hydrogen (secondary N) is 1. The Labute approximate surface area is 205 Å². The number of rotatable bonds is 6. The van der Waals surface area contributed by atoms with E-state index in [1.807, 2.05) is 12.1 Å². The van der Waals surface area contributed by atoms with Gasteiger partial charge in [0.05, 0.1) is 12.7 Å². The van der Waals surface area contributed by atoms with Gasteiger partial charge in [-0.3, -0.25) is 4.79 Å². The number of amides is 1. The highest BCUT2D eigenvalue weighted by atomic mass is 19.4. The maximum absolute atomic E-state index is 12.9. The van der Waals surface area contributed by atoms with Crippen LogP contribution in [0.5, 0.6) is 5.75 Å². The topological polar surface area (TPSA) is 41.6 Å². The van der Waals surface area contributed by atoms with Crippen LogP contribution in [0.1, 0.15) is 61.1 Å². The standard InChI is InChI=1S/C28H33F3N2O2/c1-35-26-8-3-2-7-25(26)21-15-17-33(18-16-21)24-12-10-23(11-13-24)32-27(34)14-9-20-5-4-6-22(19-20)28(29,30)31/h2-9,14,19,21,23-24H,10-13,15-18H2,1H3,(H,32,34)/b14-9+. The Morgan fingerprint density at radius 1 is 1.00 bits per heavy atom. The van der Waals surface area contributed by atoms with Crippen LogP contribution in [0.25, 0.3) is 6.08 Å². The van der Waals surface area contributed by atoms with Crippen molar-refractivity contribution in [1.82, 2.24) is 10.2 Å². The van der Waals surface area contributed by atoms with E-state index >= 15 is 0 Å². The number of ether oxygens (including phenoxy) is 1. The average Bonchev–Trinajstić information content (AvgIpc) is 2.88. The molecule has 1 N–H and O–H groups in total. The minimum atomic E-state index is -4.39. The molecule has 0 bridgehead atoms. The molecule has 2 aromatic carbocycles. The molecule has 188 valence electrons. The summed E-state index contributed by atoms with van der Waals surface area (Å²) in [6.45, 7) is 2.15. The molecule has 2 fully saturated rings. The molecule has 1 saturated heterocycles. The van der Waals surface area contributed by atoms with E-state index in [4.69, 9.17) is 4.74 Å². The van der Waals surface area contributed by atoms with Gasteiger partial charge in [-0.1, -0.05) is 30.3 Å². The van der Waals surface area contributed by atoms with Crippen LogP contribution in [0.2, 0.25) is 0 Å². The van der Waals surface area contributed by atoms with Crippen LogP contribution in [-0.2, 0) is 11.0 Å². The zero-order chi connectivity index (χ0) is 24.8. The summed E-state index contributed by atoms with van der Waals surface area (Å²) in [6, 6.07) is 13.9. The molecule has 0 unspecified atom stereocenters. The fraction of sp³-hybridized carbons (Fsp3) is 0.464. The monoisotopic (exact) mass is 486 g/mol. The first kappa shape index (κ1) is 25.3. The summed E-state index contributed by atoms with van der Waals surface area (Å²) >= 11 is 0. The first-order chi connectivity index (χ1) is 16.8. The van der Waals surface area contributed by atoms with Crippen LogP contribution in [0.15, 0.2) is 54.6 Å². The molecule has 0 radical (unpaired) electrons. The molecule has 1 heterocycles. The summed E-state index contributed by atoms with van der Waals surface area (Å²) in [6.07, 6.45) is 4.53. The fourth-order valence-corrected chi connectivity index (χ4v) is 5.40. The Balaban J connectivity index is 1.22. The maximum atomic E-state index is 12.9. The van der Waals surface area contributed by atoms with Crippen LogP contribution in [0.3, 0.4) is 0 Å². The van der Waals surface area contributed by atoms with Gasteiger partial charge in [0.2, 0.25) is 5.91 Å². The normalized spacial score (nSPS) is 22.3. The van der Waals surface area contributed by atoms with Gasteiger partial charge in [0.15, 0.2) is 0 Å². The number of para-hydroxylation sites is 1. The van der Waals surface area contributed by atoms with Gasteiger partial charge in [0.1, 0.15) is 5.75 Å². The minimum absolute atomic E-state index is 0.107. The molecule has 2 aliphatic rings. The van der Waals surface area contributed by atoms with E-state index in [0.29, 0.717) is 17.5 Å². The van der Waals surface area contributed by atoms with Crippen LogP contribution < -0.4 is 10.1 Å². The maximum Gasteiger partial charge on any atom is 0.416 e. The van der Waals surface area contributed by atoms with Crippen molar-refractivity contribution < 1.29 is 22.7 Å². The van der Waals surface area contributed by atoms with E-state index < -0.39 is 11.7 Å². The van der Waals surface area contributed by atoms with E-state index in [0.717, 1.165) is 69.5 Å². The number of piperidine rings is 1. The lowest BCUT2D eigenvalue weighted by Gasteiger charge is -2.41. The largest absolute Gasteiger partial charge is 0.496 e. The minimum Gasteiger partial charge on any atom is -0.496 e. The van der Waals surface area contributed by atoms with Gasteiger partial charge >= 0.3 is 6.18 Å². The Morgan fingerprint density at radius 3 is 2.40 bits per heavy atom. The number of hydrogen-bond donors (Lipinski definition) is 1. The number of nitrogens with zero attached hydrogens (tertiary/aromatic N) is 1. The third-order valence-corrected chi connectivity index (χ3v) is 7.31. The molecule has 1 saturated carbocycles. The zero-order valence-electron chi connectivity index (χ0n) is 20.1. The number of likely N-dealkylation sites (tertiary alicyclic amines) is 1. The van der Waals surface area contributed by atoms with Crippen molar-refractivity contribution in [3.63, 3.8) is 0 Å². The van der Waals surface area contributed by atoms with E-state index in [2.05, 4.69) is 22.3 Å². The lowest BCUT2D eigenvalue weighted by molar-refractivity contribution is -0.137. The van der Waals surface area contributed by atoms with Gasteiger partial charge in [-0.15, -0.1) is 0 Å². The molecule has 0 atom stereocenters. The third-order valence-electron chi connectivity index (χ3n) is 7.31. The lowest BCUT2D eigenvalue weighted by atomic mass is 9.85. The highest BCUT2D eigenvalue weighted by Crippen LogP contribution is 2.36. The number of carbonyl (C=O) groups excluding carboxylic acids is 1. The molecule has 0 spiro atoms. The van der Waals surface area contributed by atoms with Crippen LogP contribution in [0, 0.1) is 0 Å². The van der Waals surface area contributed by atoms with Gasteiger partial charge in [-0.25, -0.2) is 0 Å². The van der Waals surface area contributed by atoms with Crippen LogP contribution in [0.4, 0.5) is 13.2 Å². The van der Waals surface area contributed by atoms with Gasteiger partial charge in [-0.05, 0) is 92.9 Å². The Kier molecular flexibility index (Phi) is 8.16. The number of alkyl halides is 3. The number of halogens is 3. The van der Waals surface area contributed by atoms with E-state index in [-0.39, 0.29) is 11.9 Å². The van der Waals surface area contributed by atoms with E-state index in [1.54, 1.807) is 13.2 Å². The third kappa shape index (κ3) is 6.66. The first-order valence-corrected chi connectivity index (χ1v) is 12.4. The summed E-state index contributed by atoms with van der Waals surface area (Å²) in [5.74, 6) is 1.24. The van der Waals surface area contributed by atoms with Crippen molar-refractivity contribution in [2.24, 2.45) is 0 Å². The van der Waals surface area contributed by atoms with Gasteiger partial charge in [0.25, 0.3) is 0 Å². The Hall–Kier alpha value is -2.80. The Morgan fingerprint density at radius 2 is 1.71 bits per heavy atom. The second kappa shape index (κ2) is 11.3. The van der Waals surface area contributed by atoms with E-state index in [9.17, 15) is 18.0 Å². The van der Waals surface area contributed by atoms with E-state index in [1.165, 1.54) is 23.8 Å². The molecule has 35 heavy (non-hydrogen) atoms. The number of carbonyl (C=O) groups is 1. The molecule has 1 amide bonds. The predicted molar refractivity (Wildman–Crippen MR) is 131 cm³/mol. The van der Waals surface area contributed by atoms with Crippen molar-refractivity contribution in [3.8, 4) is 5.75 Å². The second-order valence-electron chi connectivity index (χ2n) is 9.52. The van der Waals surface area contributed by atoms with Crippen molar-refractivity contribution in [2.45, 2.75) is 62.7 Å². The summed E-state index contributed by atoms with van der Waals surface area (Å²) in [5.41, 5.74) is 0.944. The molecule has 1 aliphatic carbocycles. The Bertz CT molecular complexity index is 1020. The van der Waals surface area contributed by atoms with Gasteiger partial charge < -0.3 is 15.0 Å². The number of benzene rings is 2. The number of hydrogen-bond acceptors (Lipinski definition) is 3. The zero-order valence-corrected chi connectivity index (χ0v) is 20.1. The van der Waals surface area contributed by atoms with Crippen molar-refractivity contribution in [3.05, 3.63) is 71.3 Å². The summed E-state index contributed by atoms with van der Waals surface area (Å²) in [5, 5.41) is 3.02. The molecule has 2 aromatic rings. The molecule has 1 aliphatic heterocycles. The van der Waals surface area contributed by atoms with Crippen molar-refractivity contribution in [1.29, 1.82) is 0 Å². The summed E-state index contributed by atoms with van der Waals surface area (Å²) < 4.78 is 44.1. The highest BCUT2D eigenvalue weighted by Gasteiger charge is 2.31. The molecular weight excluding hydrogens is 453 g/mol. The van der Waals surface area contributed by atoms with Crippen molar-refractivity contribution in [2.75, 3.05) is 20.2 Å². The number of methoxy groups -OCH3 is 1. The summed E-state index contributed by atoms with van der Waals surface area (Å²) in [4.78, 5) is 14.9. The predicted octanol–water partition coefficient (Wildman–Crippen LogP) is 6.03. The van der Waals surface area contributed by atoms with Gasteiger partial charge in [0, 0.05) is 18.2 Å². The molecule has 4 rings (SSSR count). The average molecular weight is 487 g/mol. The molecular formula is C28H33F3N2O2. The SMILES string of the molecule is COc1ccccc1C1CCN(C2CCC(NC(=O)/C=C/c3cccc(C(F)(F)F)c3)CC2)CC1.